The van der Waals surface area contributed by atoms with E-state index in [4.69, 9.17) is 4.74 Å². The molecule has 2 aromatic rings. The number of nitrogens with zero attached hydrogens (tertiary/aromatic N) is 2. The standard InChI is InChI=1S/C16H18N2O2/c1-12-4-2-5-13(8-12)9-18-10-14(11-19)16(17-18)15-6-3-7-20-15/h2,4-5,8,10-11,15H,3,6-7,9H2,1H3. The average molecular weight is 270 g/mol. The molecule has 0 radical (unpaired) electrons. The van der Waals surface area contributed by atoms with Crippen molar-refractivity contribution in [1.82, 2.24) is 9.78 Å². The van der Waals surface area contributed by atoms with E-state index in [1.54, 1.807) is 0 Å². The van der Waals surface area contributed by atoms with Crippen molar-refractivity contribution in [3.63, 3.8) is 0 Å². The van der Waals surface area contributed by atoms with Gasteiger partial charge in [-0.15, -0.1) is 0 Å². The van der Waals surface area contributed by atoms with Crippen LogP contribution in [0.25, 0.3) is 0 Å². The SMILES string of the molecule is Cc1cccc(Cn2cc(C=O)c(C3CCCO3)n2)c1. The van der Waals surface area contributed by atoms with E-state index in [1.807, 2.05) is 16.9 Å². The third-order valence-corrected chi connectivity index (χ3v) is 3.61. The van der Waals surface area contributed by atoms with Crippen molar-refractivity contribution in [3.8, 4) is 0 Å². The predicted octanol–water partition coefficient (Wildman–Crippen LogP) is 2.90. The summed E-state index contributed by atoms with van der Waals surface area (Å²) in [7, 11) is 0. The van der Waals surface area contributed by atoms with Crippen molar-refractivity contribution in [1.29, 1.82) is 0 Å². The lowest BCUT2D eigenvalue weighted by atomic mass is 10.1. The fourth-order valence-electron chi connectivity index (χ4n) is 2.66. The first-order valence-electron chi connectivity index (χ1n) is 6.96. The highest BCUT2D eigenvalue weighted by molar-refractivity contribution is 5.76. The summed E-state index contributed by atoms with van der Waals surface area (Å²) in [5.74, 6) is 0. The second kappa shape index (κ2) is 5.59. The zero-order chi connectivity index (χ0) is 13.9. The normalized spacial score (nSPS) is 18.4. The number of carbonyl (C=O) groups excluding carboxylic acids is 1. The van der Waals surface area contributed by atoms with Crippen LogP contribution in [0, 0.1) is 6.92 Å². The minimum absolute atomic E-state index is 0.0195. The Balaban J connectivity index is 1.85. The van der Waals surface area contributed by atoms with Crippen molar-refractivity contribution < 1.29 is 9.53 Å². The molecule has 1 aromatic carbocycles. The highest BCUT2D eigenvalue weighted by atomic mass is 16.5. The molecule has 0 aliphatic carbocycles. The smallest absolute Gasteiger partial charge is 0.153 e. The Morgan fingerprint density at radius 2 is 2.40 bits per heavy atom. The molecule has 4 nitrogen and oxygen atoms in total. The van der Waals surface area contributed by atoms with E-state index in [0.29, 0.717) is 12.1 Å². The molecule has 1 saturated heterocycles. The lowest BCUT2D eigenvalue weighted by Gasteiger charge is -2.06. The van der Waals surface area contributed by atoms with Crippen molar-refractivity contribution in [2.24, 2.45) is 0 Å². The van der Waals surface area contributed by atoms with Gasteiger partial charge in [0.15, 0.2) is 6.29 Å². The van der Waals surface area contributed by atoms with Gasteiger partial charge in [0.05, 0.1) is 12.1 Å². The van der Waals surface area contributed by atoms with Gasteiger partial charge in [-0.25, -0.2) is 0 Å². The molecule has 1 aliphatic rings. The first-order chi connectivity index (χ1) is 9.76. The molecule has 0 bridgehead atoms. The van der Waals surface area contributed by atoms with E-state index in [9.17, 15) is 4.79 Å². The molecular weight excluding hydrogens is 252 g/mol. The van der Waals surface area contributed by atoms with Gasteiger partial charge < -0.3 is 4.74 Å². The van der Waals surface area contributed by atoms with Crippen LogP contribution in [0.15, 0.2) is 30.5 Å². The van der Waals surface area contributed by atoms with Crippen LogP contribution in [-0.4, -0.2) is 22.7 Å². The Hall–Kier alpha value is -1.94. The molecule has 3 rings (SSSR count). The Kier molecular flexibility index (Phi) is 3.65. The number of carbonyl (C=O) groups is 1. The molecular formula is C16H18N2O2. The highest BCUT2D eigenvalue weighted by Gasteiger charge is 2.23. The molecule has 4 heteroatoms. The van der Waals surface area contributed by atoms with E-state index >= 15 is 0 Å². The molecule has 0 amide bonds. The van der Waals surface area contributed by atoms with Gasteiger partial charge in [0.1, 0.15) is 11.8 Å². The predicted molar refractivity (Wildman–Crippen MR) is 75.8 cm³/mol. The Morgan fingerprint density at radius 3 is 3.10 bits per heavy atom. The second-order valence-corrected chi connectivity index (χ2v) is 5.28. The molecule has 1 unspecified atom stereocenters. The molecule has 1 fully saturated rings. The Morgan fingerprint density at radius 1 is 1.50 bits per heavy atom. The molecule has 2 heterocycles. The fourth-order valence-corrected chi connectivity index (χ4v) is 2.66. The first kappa shape index (κ1) is 13.1. The maximum absolute atomic E-state index is 11.2. The number of aromatic nitrogens is 2. The van der Waals surface area contributed by atoms with Crippen molar-refractivity contribution in [3.05, 3.63) is 52.8 Å². The van der Waals surface area contributed by atoms with Crippen LogP contribution in [0.1, 0.15) is 46.1 Å². The zero-order valence-corrected chi connectivity index (χ0v) is 11.6. The van der Waals surface area contributed by atoms with E-state index in [1.165, 1.54) is 11.1 Å². The van der Waals surface area contributed by atoms with Gasteiger partial charge in [-0.05, 0) is 25.3 Å². The van der Waals surface area contributed by atoms with Crippen LogP contribution < -0.4 is 0 Å². The number of benzene rings is 1. The minimum Gasteiger partial charge on any atom is -0.372 e. The van der Waals surface area contributed by atoms with Crippen LogP contribution in [-0.2, 0) is 11.3 Å². The van der Waals surface area contributed by atoms with E-state index in [2.05, 4.69) is 30.2 Å². The summed E-state index contributed by atoms with van der Waals surface area (Å²) in [6, 6.07) is 8.31. The largest absolute Gasteiger partial charge is 0.372 e. The molecule has 1 aromatic heterocycles. The van der Waals surface area contributed by atoms with Gasteiger partial charge in [-0.3, -0.25) is 9.48 Å². The summed E-state index contributed by atoms with van der Waals surface area (Å²) in [6.45, 7) is 3.50. The van der Waals surface area contributed by atoms with E-state index in [-0.39, 0.29) is 6.10 Å². The highest BCUT2D eigenvalue weighted by Crippen LogP contribution is 2.29. The van der Waals surface area contributed by atoms with Crippen LogP contribution in [0.3, 0.4) is 0 Å². The molecule has 0 spiro atoms. The fraction of sp³-hybridized carbons (Fsp3) is 0.375. The number of ether oxygens (including phenoxy) is 1. The van der Waals surface area contributed by atoms with Crippen LogP contribution in [0.5, 0.6) is 0 Å². The lowest BCUT2D eigenvalue weighted by molar-refractivity contribution is 0.103. The Bertz CT molecular complexity index is 613. The van der Waals surface area contributed by atoms with Gasteiger partial charge >= 0.3 is 0 Å². The summed E-state index contributed by atoms with van der Waals surface area (Å²) < 4.78 is 7.46. The summed E-state index contributed by atoms with van der Waals surface area (Å²) in [4.78, 5) is 11.2. The van der Waals surface area contributed by atoms with E-state index < -0.39 is 0 Å². The lowest BCUT2D eigenvalue weighted by Crippen LogP contribution is -2.04. The molecule has 1 aliphatic heterocycles. The summed E-state index contributed by atoms with van der Waals surface area (Å²) in [6.07, 6.45) is 4.65. The first-order valence-corrected chi connectivity index (χ1v) is 6.96. The maximum Gasteiger partial charge on any atom is 0.153 e. The second-order valence-electron chi connectivity index (χ2n) is 5.28. The van der Waals surface area contributed by atoms with Crippen molar-refractivity contribution in [2.75, 3.05) is 6.61 Å². The van der Waals surface area contributed by atoms with Crippen LogP contribution in [0.2, 0.25) is 0 Å². The molecule has 1 atom stereocenters. The zero-order valence-electron chi connectivity index (χ0n) is 11.6. The maximum atomic E-state index is 11.2. The van der Waals surface area contributed by atoms with Gasteiger partial charge in [-0.1, -0.05) is 29.8 Å². The summed E-state index contributed by atoms with van der Waals surface area (Å²) in [5, 5.41) is 4.55. The van der Waals surface area contributed by atoms with Gasteiger partial charge in [0.2, 0.25) is 0 Å². The van der Waals surface area contributed by atoms with E-state index in [0.717, 1.165) is 31.4 Å². The number of hydrogen-bond donors (Lipinski definition) is 0. The quantitative estimate of drug-likeness (QED) is 0.802. The average Bonchev–Trinajstić information content (AvgIpc) is 3.06. The van der Waals surface area contributed by atoms with Crippen LogP contribution in [0.4, 0.5) is 0 Å². The third kappa shape index (κ3) is 2.65. The molecule has 0 saturated carbocycles. The van der Waals surface area contributed by atoms with Gasteiger partial charge in [-0.2, -0.15) is 5.10 Å². The number of aldehydes is 1. The molecule has 20 heavy (non-hydrogen) atoms. The van der Waals surface area contributed by atoms with Gasteiger partial charge in [0, 0.05) is 12.8 Å². The number of hydrogen-bond acceptors (Lipinski definition) is 3. The molecule has 0 N–H and O–H groups in total. The summed E-state index contributed by atoms with van der Waals surface area (Å²) >= 11 is 0. The monoisotopic (exact) mass is 270 g/mol. The third-order valence-electron chi connectivity index (χ3n) is 3.61. The van der Waals surface area contributed by atoms with Crippen LogP contribution >= 0.6 is 0 Å². The van der Waals surface area contributed by atoms with Gasteiger partial charge in [0.25, 0.3) is 0 Å². The number of aryl methyl sites for hydroxylation is 1. The molecule has 104 valence electrons. The summed E-state index contributed by atoms with van der Waals surface area (Å²) in [5.41, 5.74) is 3.84. The Labute approximate surface area is 118 Å². The number of rotatable bonds is 4. The minimum atomic E-state index is -0.0195. The van der Waals surface area contributed by atoms with Crippen molar-refractivity contribution in [2.45, 2.75) is 32.4 Å². The topological polar surface area (TPSA) is 44.1 Å². The van der Waals surface area contributed by atoms with Crippen molar-refractivity contribution >= 4 is 6.29 Å².